The van der Waals surface area contributed by atoms with Gasteiger partial charge in [-0.15, -0.1) is 0 Å². The van der Waals surface area contributed by atoms with E-state index in [1.807, 2.05) is 6.07 Å². The minimum atomic E-state index is -1.42. The topological polar surface area (TPSA) is 103 Å². The fraction of sp³-hybridized carbons (Fsp3) is 0.133. The number of nitrogens with one attached hydrogen (secondary N) is 1. The van der Waals surface area contributed by atoms with Crippen molar-refractivity contribution in [3.8, 4) is 12.1 Å². The zero-order valence-electron chi connectivity index (χ0n) is 11.1. The van der Waals surface area contributed by atoms with Crippen LogP contribution in [0.1, 0.15) is 12.5 Å². The fourth-order valence-corrected chi connectivity index (χ4v) is 3.83. The highest BCUT2D eigenvalue weighted by Crippen LogP contribution is 2.54. The highest BCUT2D eigenvalue weighted by molar-refractivity contribution is 8.06. The number of benzene rings is 1. The summed E-state index contributed by atoms with van der Waals surface area (Å²) >= 11 is 1.16. The van der Waals surface area contributed by atoms with Gasteiger partial charge in [-0.1, -0.05) is 30.0 Å². The number of nitrogens with two attached hydrogens (primary N) is 1. The van der Waals surface area contributed by atoms with Gasteiger partial charge in [0.15, 0.2) is 0 Å². The van der Waals surface area contributed by atoms with Crippen LogP contribution in [-0.4, -0.2) is 5.91 Å². The summed E-state index contributed by atoms with van der Waals surface area (Å²) in [6.07, 6.45) is 0. The van der Waals surface area contributed by atoms with Crippen molar-refractivity contribution in [2.24, 2.45) is 5.73 Å². The summed E-state index contributed by atoms with van der Waals surface area (Å²) in [5.74, 6) is -0.403. The molecule has 21 heavy (non-hydrogen) atoms. The van der Waals surface area contributed by atoms with Crippen LogP contribution in [0.3, 0.4) is 0 Å². The van der Waals surface area contributed by atoms with E-state index in [-0.39, 0.29) is 16.2 Å². The molecule has 0 fully saturated rings. The number of fused-ring (bicyclic) bond motifs is 2. The number of para-hydroxylation sites is 1. The minimum Gasteiger partial charge on any atom is -0.392 e. The average molecular weight is 294 g/mol. The molecule has 2 aliphatic rings. The molecule has 2 heterocycles. The Balaban J connectivity index is 2.46. The summed E-state index contributed by atoms with van der Waals surface area (Å²) in [7, 11) is 0. The highest BCUT2D eigenvalue weighted by atomic mass is 32.2. The van der Waals surface area contributed by atoms with Crippen molar-refractivity contribution in [3.05, 3.63) is 50.9 Å². The lowest BCUT2D eigenvalue weighted by atomic mass is 9.70. The summed E-state index contributed by atoms with van der Waals surface area (Å²) in [6, 6.07) is 11.2. The van der Waals surface area contributed by atoms with Crippen LogP contribution in [0.4, 0.5) is 5.69 Å². The molecule has 3 N–H and O–H groups in total. The van der Waals surface area contributed by atoms with E-state index in [9.17, 15) is 15.3 Å². The molecule has 0 saturated heterocycles. The summed E-state index contributed by atoms with van der Waals surface area (Å²) < 4.78 is 0. The third kappa shape index (κ3) is 1.48. The van der Waals surface area contributed by atoms with E-state index in [2.05, 4.69) is 11.4 Å². The molecule has 6 heteroatoms. The van der Waals surface area contributed by atoms with Gasteiger partial charge in [-0.2, -0.15) is 10.5 Å². The minimum absolute atomic E-state index is 0.122. The number of nitriles is 2. The van der Waals surface area contributed by atoms with Gasteiger partial charge in [-0.25, -0.2) is 0 Å². The summed E-state index contributed by atoms with van der Waals surface area (Å²) in [6.45, 7) is 1.74. The van der Waals surface area contributed by atoms with Gasteiger partial charge >= 0.3 is 0 Å². The molecule has 1 unspecified atom stereocenters. The lowest BCUT2D eigenvalue weighted by Gasteiger charge is -2.32. The molecule has 0 saturated carbocycles. The van der Waals surface area contributed by atoms with E-state index in [1.165, 1.54) is 0 Å². The van der Waals surface area contributed by atoms with Gasteiger partial charge in [0.25, 0.3) is 0 Å². The van der Waals surface area contributed by atoms with Crippen molar-refractivity contribution in [2.45, 2.75) is 12.3 Å². The number of carbonyl (C=O) groups excluding carboxylic acids is 1. The van der Waals surface area contributed by atoms with Gasteiger partial charge in [0.1, 0.15) is 5.41 Å². The first-order chi connectivity index (χ1) is 10.1. The van der Waals surface area contributed by atoms with Crippen molar-refractivity contribution in [2.75, 3.05) is 5.32 Å². The smallest absolute Gasteiger partial charge is 0.245 e. The first kappa shape index (κ1) is 13.3. The number of nitrogens with zero attached hydrogens (tertiary/aromatic N) is 2. The van der Waals surface area contributed by atoms with Crippen LogP contribution in [0.15, 0.2) is 45.3 Å². The number of amides is 1. The molecule has 0 bridgehead atoms. The summed E-state index contributed by atoms with van der Waals surface area (Å²) in [5, 5.41) is 22.1. The van der Waals surface area contributed by atoms with Crippen LogP contribution in [0.25, 0.3) is 0 Å². The van der Waals surface area contributed by atoms with Crippen LogP contribution < -0.4 is 11.1 Å². The maximum atomic E-state index is 12.7. The number of thioether (sulfide) groups is 1. The molecule has 0 aliphatic carbocycles. The molecule has 102 valence electrons. The van der Waals surface area contributed by atoms with Gasteiger partial charge in [-0.05, 0) is 13.0 Å². The first-order valence-electron chi connectivity index (χ1n) is 6.18. The number of hydrogen-bond donors (Lipinski definition) is 2. The normalized spacial score (nSPS) is 23.7. The van der Waals surface area contributed by atoms with E-state index in [0.29, 0.717) is 16.2 Å². The number of hydrogen-bond acceptors (Lipinski definition) is 5. The molecule has 1 aromatic carbocycles. The Morgan fingerprint density at radius 2 is 1.90 bits per heavy atom. The SMILES string of the molecule is CC1=C(C#N)C2(C(=O)Nc3ccccc32)C(C#N)=C(N)S1. The van der Waals surface area contributed by atoms with E-state index < -0.39 is 11.3 Å². The molecule has 1 amide bonds. The van der Waals surface area contributed by atoms with Crippen molar-refractivity contribution >= 4 is 23.4 Å². The lowest BCUT2D eigenvalue weighted by molar-refractivity contribution is -0.118. The maximum Gasteiger partial charge on any atom is 0.245 e. The van der Waals surface area contributed by atoms with Crippen LogP contribution >= 0.6 is 11.8 Å². The molecular formula is C15H10N4OS. The van der Waals surface area contributed by atoms with Crippen molar-refractivity contribution in [1.29, 1.82) is 10.5 Å². The monoisotopic (exact) mass is 294 g/mol. The fourth-order valence-electron chi connectivity index (χ4n) is 2.90. The Morgan fingerprint density at radius 3 is 2.57 bits per heavy atom. The van der Waals surface area contributed by atoms with E-state index in [0.717, 1.165) is 11.8 Å². The Kier molecular flexibility index (Phi) is 2.79. The molecule has 2 aliphatic heterocycles. The van der Waals surface area contributed by atoms with E-state index >= 15 is 0 Å². The van der Waals surface area contributed by atoms with Crippen LogP contribution in [0, 0.1) is 22.7 Å². The maximum absolute atomic E-state index is 12.7. The van der Waals surface area contributed by atoms with Crippen LogP contribution in [0.2, 0.25) is 0 Å². The largest absolute Gasteiger partial charge is 0.392 e. The Morgan fingerprint density at radius 1 is 1.24 bits per heavy atom. The van der Waals surface area contributed by atoms with Crippen LogP contribution in [0.5, 0.6) is 0 Å². The second-order valence-electron chi connectivity index (χ2n) is 4.75. The van der Waals surface area contributed by atoms with Gasteiger partial charge < -0.3 is 11.1 Å². The quantitative estimate of drug-likeness (QED) is 0.763. The third-order valence-corrected chi connectivity index (χ3v) is 4.69. The lowest BCUT2D eigenvalue weighted by Crippen LogP contribution is -2.41. The van der Waals surface area contributed by atoms with Crippen molar-refractivity contribution < 1.29 is 4.79 Å². The van der Waals surface area contributed by atoms with Crippen molar-refractivity contribution in [3.63, 3.8) is 0 Å². The Bertz CT molecular complexity index is 787. The highest BCUT2D eigenvalue weighted by Gasteiger charge is 2.56. The number of carbonyl (C=O) groups is 1. The molecule has 1 aromatic rings. The molecule has 0 radical (unpaired) electrons. The predicted molar refractivity (Wildman–Crippen MR) is 79.5 cm³/mol. The standard InChI is InChI=1S/C15H10N4OS/c1-8-10(6-16)15(11(7-17)13(18)21-8)9-4-2-3-5-12(9)19-14(15)20/h2-5H,18H2,1H3,(H,19,20). The van der Waals surface area contributed by atoms with Gasteiger partial charge in [0, 0.05) is 16.2 Å². The summed E-state index contributed by atoms with van der Waals surface area (Å²) in [5.41, 5.74) is 6.15. The number of anilines is 1. The zero-order valence-corrected chi connectivity index (χ0v) is 11.9. The van der Waals surface area contributed by atoms with Crippen molar-refractivity contribution in [1.82, 2.24) is 0 Å². The second kappa shape index (κ2) is 4.41. The Hall–Kier alpha value is -2.70. The number of rotatable bonds is 0. The van der Waals surface area contributed by atoms with Gasteiger partial charge in [0.05, 0.1) is 28.3 Å². The molecule has 3 rings (SSSR count). The molecule has 1 spiro atoms. The molecule has 1 atom stereocenters. The second-order valence-corrected chi connectivity index (χ2v) is 6.00. The van der Waals surface area contributed by atoms with Gasteiger partial charge in [-0.3, -0.25) is 4.79 Å². The summed E-state index contributed by atoms with van der Waals surface area (Å²) in [4.78, 5) is 13.3. The van der Waals surface area contributed by atoms with E-state index in [1.54, 1.807) is 31.2 Å². The predicted octanol–water partition coefficient (Wildman–Crippen LogP) is 2.11. The van der Waals surface area contributed by atoms with Gasteiger partial charge in [0.2, 0.25) is 5.91 Å². The molecular weight excluding hydrogens is 284 g/mol. The molecule has 0 aromatic heterocycles. The average Bonchev–Trinajstić information content (AvgIpc) is 2.73. The molecule has 5 nitrogen and oxygen atoms in total. The first-order valence-corrected chi connectivity index (χ1v) is 6.99. The van der Waals surface area contributed by atoms with Crippen LogP contribution in [-0.2, 0) is 10.2 Å². The third-order valence-electron chi connectivity index (χ3n) is 3.75. The Labute approximate surface area is 125 Å². The van der Waals surface area contributed by atoms with E-state index in [4.69, 9.17) is 5.73 Å². The number of allylic oxidation sites excluding steroid dienone is 1. The zero-order chi connectivity index (χ0) is 15.2.